The highest BCUT2D eigenvalue weighted by molar-refractivity contribution is 9.10. The van der Waals surface area contributed by atoms with Gasteiger partial charge >= 0.3 is 5.69 Å². The van der Waals surface area contributed by atoms with Gasteiger partial charge in [0.05, 0.1) is 21.6 Å². The molecule has 0 saturated carbocycles. The molecule has 0 atom stereocenters. The number of aromatic nitrogens is 2. The van der Waals surface area contributed by atoms with Crippen LogP contribution in [0.2, 0.25) is 0 Å². The van der Waals surface area contributed by atoms with Crippen LogP contribution in [0.5, 0.6) is 0 Å². The molecule has 1 amide bonds. The molecule has 3 rings (SSSR count). The van der Waals surface area contributed by atoms with Crippen LogP contribution >= 0.6 is 15.9 Å². The number of carbonyl (C=O) groups excluding carboxylic acids is 1. The molecule has 0 fully saturated rings. The topological polar surface area (TPSA) is 90.2 Å². The van der Waals surface area contributed by atoms with Gasteiger partial charge in [-0.1, -0.05) is 15.9 Å². The average molecular weight is 456 g/mol. The van der Waals surface area contributed by atoms with Gasteiger partial charge in [-0.25, -0.2) is 17.6 Å². The summed E-state index contributed by atoms with van der Waals surface area (Å²) >= 11 is 3.10. The molecule has 0 aliphatic heterocycles. The number of nitrogens with zero attached hydrogens (tertiary/aromatic N) is 2. The second-order valence-electron chi connectivity index (χ2n) is 5.98. The van der Waals surface area contributed by atoms with Crippen molar-refractivity contribution in [2.75, 3.05) is 11.1 Å². The van der Waals surface area contributed by atoms with Crippen LogP contribution in [0.4, 0.5) is 10.1 Å². The van der Waals surface area contributed by atoms with Crippen molar-refractivity contribution in [3.8, 4) is 0 Å². The molecule has 27 heavy (non-hydrogen) atoms. The number of benzene rings is 2. The fraction of sp³-hybridized carbons (Fsp3) is 0.176. The fourth-order valence-electron chi connectivity index (χ4n) is 2.71. The first-order chi connectivity index (χ1) is 12.6. The molecule has 2 aromatic carbocycles. The van der Waals surface area contributed by atoms with Crippen molar-refractivity contribution < 1.29 is 17.6 Å². The third-order valence-corrected chi connectivity index (χ3v) is 6.24. The molecule has 7 nitrogen and oxygen atoms in total. The summed E-state index contributed by atoms with van der Waals surface area (Å²) in [6.07, 6.45) is 0. The lowest BCUT2D eigenvalue weighted by molar-refractivity contribution is -0.113. The molecule has 0 saturated heterocycles. The van der Waals surface area contributed by atoms with Crippen molar-refractivity contribution in [3.05, 3.63) is 57.2 Å². The molecule has 0 unspecified atom stereocenters. The summed E-state index contributed by atoms with van der Waals surface area (Å²) in [4.78, 5) is 24.0. The van der Waals surface area contributed by atoms with E-state index in [1.807, 2.05) is 0 Å². The molecule has 3 aromatic rings. The van der Waals surface area contributed by atoms with Crippen LogP contribution < -0.4 is 11.0 Å². The van der Waals surface area contributed by atoms with E-state index in [-0.39, 0.29) is 16.3 Å². The zero-order valence-corrected chi connectivity index (χ0v) is 16.8. The standard InChI is InChI=1S/C17H15BrFN3O4S/c1-21-14-6-4-11(8-15(14)22(2)17(21)24)27(25,26)9-16(23)20-13-5-3-10(18)7-12(13)19/h3-8H,9H2,1-2H3,(H,20,23). The largest absolute Gasteiger partial charge is 0.328 e. The number of amides is 1. The third kappa shape index (κ3) is 3.67. The summed E-state index contributed by atoms with van der Waals surface area (Å²) in [7, 11) is -0.867. The number of fused-ring (bicyclic) bond motifs is 1. The minimum Gasteiger partial charge on any atom is -0.323 e. The van der Waals surface area contributed by atoms with Gasteiger partial charge in [-0.15, -0.1) is 0 Å². The lowest BCUT2D eigenvalue weighted by Crippen LogP contribution is -2.23. The Morgan fingerprint density at radius 2 is 1.78 bits per heavy atom. The van der Waals surface area contributed by atoms with Crippen molar-refractivity contribution in [3.63, 3.8) is 0 Å². The Labute approximate surface area is 162 Å². The Bertz CT molecular complexity index is 1230. The first-order valence-corrected chi connectivity index (χ1v) is 10.2. The number of rotatable bonds is 4. The van der Waals surface area contributed by atoms with E-state index in [4.69, 9.17) is 0 Å². The SMILES string of the molecule is Cn1c(=O)n(C)c2cc(S(=O)(=O)CC(=O)Nc3ccc(Br)cc3F)ccc21. The molecular formula is C17H15BrFN3O4S. The maximum atomic E-state index is 13.8. The molecule has 142 valence electrons. The smallest absolute Gasteiger partial charge is 0.323 e. The lowest BCUT2D eigenvalue weighted by Gasteiger charge is -2.08. The molecule has 0 radical (unpaired) electrons. The van der Waals surface area contributed by atoms with E-state index >= 15 is 0 Å². The van der Waals surface area contributed by atoms with Crippen molar-refractivity contribution >= 4 is 48.4 Å². The van der Waals surface area contributed by atoms with Crippen molar-refractivity contribution in [2.45, 2.75) is 4.90 Å². The first-order valence-electron chi connectivity index (χ1n) is 7.73. The van der Waals surface area contributed by atoms with Crippen LogP contribution in [0.1, 0.15) is 0 Å². The van der Waals surface area contributed by atoms with Crippen LogP contribution in [0.25, 0.3) is 11.0 Å². The van der Waals surface area contributed by atoms with E-state index in [2.05, 4.69) is 21.2 Å². The number of aryl methyl sites for hydroxylation is 2. The molecule has 1 N–H and O–H groups in total. The van der Waals surface area contributed by atoms with Crippen LogP contribution in [0, 0.1) is 5.82 Å². The lowest BCUT2D eigenvalue weighted by atomic mass is 10.3. The van der Waals surface area contributed by atoms with Gasteiger partial charge in [0.15, 0.2) is 9.84 Å². The predicted molar refractivity (Wildman–Crippen MR) is 103 cm³/mol. The molecule has 1 heterocycles. The molecule has 0 aliphatic rings. The first kappa shape index (κ1) is 19.3. The highest BCUT2D eigenvalue weighted by Gasteiger charge is 2.22. The van der Waals surface area contributed by atoms with Gasteiger partial charge in [0.2, 0.25) is 5.91 Å². The normalized spacial score (nSPS) is 11.7. The molecule has 10 heteroatoms. The van der Waals surface area contributed by atoms with E-state index in [1.165, 1.54) is 46.5 Å². The Kier molecular flexibility index (Phi) is 4.96. The van der Waals surface area contributed by atoms with Gasteiger partial charge in [0.1, 0.15) is 11.6 Å². The van der Waals surface area contributed by atoms with E-state index < -0.39 is 27.3 Å². The van der Waals surface area contributed by atoms with Gasteiger partial charge in [0, 0.05) is 18.6 Å². The summed E-state index contributed by atoms with van der Waals surface area (Å²) < 4.78 is 42.1. The molecule has 0 spiro atoms. The number of anilines is 1. The quantitative estimate of drug-likeness (QED) is 0.652. The van der Waals surface area contributed by atoms with Crippen molar-refractivity contribution in [1.29, 1.82) is 0 Å². The Balaban J connectivity index is 1.88. The maximum absolute atomic E-state index is 13.8. The number of carbonyl (C=O) groups is 1. The molecular weight excluding hydrogens is 441 g/mol. The Hall–Kier alpha value is -2.46. The number of sulfone groups is 1. The summed E-state index contributed by atoms with van der Waals surface area (Å²) in [5.41, 5.74) is 0.605. The number of halogens is 2. The van der Waals surface area contributed by atoms with Gasteiger partial charge in [-0.05, 0) is 36.4 Å². The van der Waals surface area contributed by atoms with Gasteiger partial charge in [-0.2, -0.15) is 0 Å². The highest BCUT2D eigenvalue weighted by atomic mass is 79.9. The maximum Gasteiger partial charge on any atom is 0.328 e. The van der Waals surface area contributed by atoms with Gasteiger partial charge in [-0.3, -0.25) is 13.9 Å². The molecule has 0 bridgehead atoms. The van der Waals surface area contributed by atoms with Crippen LogP contribution in [0.3, 0.4) is 0 Å². The number of nitrogens with one attached hydrogen (secondary N) is 1. The minimum absolute atomic E-state index is 0.0948. The van der Waals surface area contributed by atoms with Crippen molar-refractivity contribution in [1.82, 2.24) is 9.13 Å². The van der Waals surface area contributed by atoms with Crippen LogP contribution in [-0.4, -0.2) is 29.2 Å². The van der Waals surface area contributed by atoms with E-state index in [0.717, 1.165) is 6.07 Å². The fourth-order valence-corrected chi connectivity index (χ4v) is 4.20. The second-order valence-corrected chi connectivity index (χ2v) is 8.89. The summed E-state index contributed by atoms with van der Waals surface area (Å²) in [5.74, 6) is -2.40. The van der Waals surface area contributed by atoms with Gasteiger partial charge in [0.25, 0.3) is 0 Å². The highest BCUT2D eigenvalue weighted by Crippen LogP contribution is 2.21. The summed E-state index contributed by atoms with van der Waals surface area (Å²) in [6, 6.07) is 8.21. The minimum atomic E-state index is -3.98. The van der Waals surface area contributed by atoms with E-state index in [0.29, 0.717) is 15.5 Å². The zero-order chi connectivity index (χ0) is 19.9. The van der Waals surface area contributed by atoms with Crippen LogP contribution in [-0.2, 0) is 28.7 Å². The number of hydrogen-bond donors (Lipinski definition) is 1. The van der Waals surface area contributed by atoms with E-state index in [1.54, 1.807) is 7.05 Å². The Morgan fingerprint density at radius 3 is 2.44 bits per heavy atom. The van der Waals surface area contributed by atoms with Crippen molar-refractivity contribution in [2.24, 2.45) is 14.1 Å². The molecule has 1 aromatic heterocycles. The monoisotopic (exact) mass is 455 g/mol. The predicted octanol–water partition coefficient (Wildman–Crippen LogP) is 2.19. The zero-order valence-electron chi connectivity index (χ0n) is 14.4. The molecule has 0 aliphatic carbocycles. The number of hydrogen-bond acceptors (Lipinski definition) is 4. The average Bonchev–Trinajstić information content (AvgIpc) is 2.81. The summed E-state index contributed by atoms with van der Waals surface area (Å²) in [6.45, 7) is 0. The third-order valence-electron chi connectivity index (χ3n) is 4.13. The van der Waals surface area contributed by atoms with E-state index in [9.17, 15) is 22.4 Å². The number of imidazole rings is 1. The van der Waals surface area contributed by atoms with Crippen LogP contribution in [0.15, 0.2) is 50.6 Å². The van der Waals surface area contributed by atoms with Gasteiger partial charge < -0.3 is 5.32 Å². The second kappa shape index (κ2) is 6.93. The summed E-state index contributed by atoms with van der Waals surface area (Å²) in [5, 5.41) is 2.25. The Morgan fingerprint density at radius 1 is 1.11 bits per heavy atom.